The zero-order chi connectivity index (χ0) is 15.9. The maximum Gasteiger partial charge on any atom is 0.137 e. The van der Waals surface area contributed by atoms with Crippen LogP contribution in [0.5, 0.6) is 0 Å². The molecule has 0 atom stereocenters. The van der Waals surface area contributed by atoms with Crippen LogP contribution in [0.25, 0.3) is 44.6 Å². The summed E-state index contributed by atoms with van der Waals surface area (Å²) in [4.78, 5) is 16.2. The van der Waals surface area contributed by atoms with Gasteiger partial charge in [-0.1, -0.05) is 0 Å². The van der Waals surface area contributed by atoms with Crippen LogP contribution in [-0.2, 0) is 0 Å². The molecule has 6 heteroatoms. The van der Waals surface area contributed by atoms with Crippen molar-refractivity contribution in [1.29, 1.82) is 0 Å². The van der Waals surface area contributed by atoms with Crippen LogP contribution in [-0.4, -0.2) is 30.1 Å². The molecular weight excluding hydrogens is 300 g/mol. The minimum absolute atomic E-state index is 0.854. The van der Waals surface area contributed by atoms with Gasteiger partial charge < -0.3 is 4.98 Å². The summed E-state index contributed by atoms with van der Waals surface area (Å²) >= 11 is 0. The molecule has 5 aromatic heterocycles. The molecule has 5 heterocycles. The quantitative estimate of drug-likeness (QED) is 0.522. The van der Waals surface area contributed by atoms with Crippen LogP contribution in [0.15, 0.2) is 61.2 Å². The average Bonchev–Trinajstić information content (AvgIpc) is 3.25. The number of H-pyrrole nitrogens is 2. The predicted molar refractivity (Wildman–Crippen MR) is 92.2 cm³/mol. The minimum atomic E-state index is 0.854. The Hall–Kier alpha value is -3.54. The van der Waals surface area contributed by atoms with Crippen LogP contribution < -0.4 is 0 Å². The number of aromatic nitrogens is 6. The number of fused-ring (bicyclic) bond motifs is 2. The second-order valence-corrected chi connectivity index (χ2v) is 5.55. The maximum atomic E-state index is 4.51. The highest BCUT2D eigenvalue weighted by Gasteiger charge is 2.13. The van der Waals surface area contributed by atoms with E-state index in [0.29, 0.717) is 0 Å². The molecule has 0 aliphatic heterocycles. The van der Waals surface area contributed by atoms with Crippen LogP contribution >= 0.6 is 0 Å². The van der Waals surface area contributed by atoms with E-state index in [1.807, 2.05) is 36.5 Å². The first-order chi connectivity index (χ1) is 11.9. The lowest BCUT2D eigenvalue weighted by Gasteiger charge is -2.00. The van der Waals surface area contributed by atoms with Crippen LogP contribution in [0.3, 0.4) is 0 Å². The van der Waals surface area contributed by atoms with Gasteiger partial charge in [-0.15, -0.1) is 0 Å². The van der Waals surface area contributed by atoms with Gasteiger partial charge in [-0.2, -0.15) is 5.10 Å². The number of rotatable bonds is 2. The van der Waals surface area contributed by atoms with Gasteiger partial charge >= 0.3 is 0 Å². The van der Waals surface area contributed by atoms with E-state index in [-0.39, 0.29) is 0 Å². The van der Waals surface area contributed by atoms with Crippen LogP contribution in [0.2, 0.25) is 0 Å². The van der Waals surface area contributed by atoms with Crippen LogP contribution in [0.1, 0.15) is 0 Å². The Morgan fingerprint density at radius 1 is 0.917 bits per heavy atom. The Bertz CT molecular complexity index is 1120. The molecule has 0 spiro atoms. The zero-order valence-corrected chi connectivity index (χ0v) is 12.6. The molecule has 5 rings (SSSR count). The third-order valence-corrected chi connectivity index (χ3v) is 4.07. The molecule has 0 radical (unpaired) electrons. The van der Waals surface area contributed by atoms with Gasteiger partial charge in [0.15, 0.2) is 0 Å². The van der Waals surface area contributed by atoms with E-state index in [0.717, 1.165) is 44.6 Å². The summed E-state index contributed by atoms with van der Waals surface area (Å²) in [5.74, 6) is 0. The van der Waals surface area contributed by atoms with Gasteiger partial charge in [-0.3, -0.25) is 15.1 Å². The fraction of sp³-hybridized carbons (Fsp3) is 0. The first kappa shape index (κ1) is 13.0. The van der Waals surface area contributed by atoms with E-state index in [1.54, 1.807) is 18.6 Å². The summed E-state index contributed by atoms with van der Waals surface area (Å²) in [6.07, 6.45) is 7.11. The highest BCUT2D eigenvalue weighted by molar-refractivity contribution is 5.96. The topological polar surface area (TPSA) is 83.1 Å². The van der Waals surface area contributed by atoms with Crippen molar-refractivity contribution in [1.82, 2.24) is 30.1 Å². The van der Waals surface area contributed by atoms with E-state index in [1.165, 1.54) is 0 Å². The van der Waals surface area contributed by atoms with Crippen molar-refractivity contribution >= 4 is 21.9 Å². The molecule has 0 aliphatic rings. The Morgan fingerprint density at radius 3 is 2.71 bits per heavy atom. The standard InChI is InChI=1S/C18H12N6/c1-2-12-8-15(22-18(12)20-5-1)17-13-9-14(11-3-6-19-7-4-11)21-10-16(13)23-24-17/h1-10H,(H,20,22)(H,23,24). The number of pyridine rings is 3. The Kier molecular flexibility index (Phi) is 2.69. The molecule has 2 N–H and O–H groups in total. The summed E-state index contributed by atoms with van der Waals surface area (Å²) in [5.41, 5.74) is 5.46. The largest absolute Gasteiger partial charge is 0.338 e. The number of nitrogens with zero attached hydrogens (tertiary/aromatic N) is 4. The molecule has 0 aromatic carbocycles. The molecule has 0 fully saturated rings. The number of hydrogen-bond donors (Lipinski definition) is 2. The van der Waals surface area contributed by atoms with Gasteiger partial charge in [0.05, 0.1) is 23.1 Å². The van der Waals surface area contributed by atoms with Gasteiger partial charge in [0.25, 0.3) is 0 Å². The molecule has 5 aromatic rings. The second kappa shape index (κ2) is 4.99. The zero-order valence-electron chi connectivity index (χ0n) is 12.6. The van der Waals surface area contributed by atoms with Crippen molar-refractivity contribution in [3.05, 3.63) is 61.2 Å². The third-order valence-electron chi connectivity index (χ3n) is 4.07. The van der Waals surface area contributed by atoms with Crippen molar-refractivity contribution in [2.75, 3.05) is 0 Å². The van der Waals surface area contributed by atoms with Crippen molar-refractivity contribution in [3.63, 3.8) is 0 Å². The average molecular weight is 312 g/mol. The summed E-state index contributed by atoms with van der Waals surface area (Å²) < 4.78 is 0. The molecule has 24 heavy (non-hydrogen) atoms. The maximum absolute atomic E-state index is 4.51. The minimum Gasteiger partial charge on any atom is -0.338 e. The fourth-order valence-corrected chi connectivity index (χ4v) is 2.89. The molecule has 0 bridgehead atoms. The highest BCUT2D eigenvalue weighted by Crippen LogP contribution is 2.30. The second-order valence-electron chi connectivity index (χ2n) is 5.55. The SMILES string of the molecule is c1cnc2[nH]c(-c3n[nH]c4cnc(-c5ccncc5)cc34)cc2c1. The predicted octanol–water partition coefficient (Wildman–Crippen LogP) is 3.56. The normalized spacial score (nSPS) is 11.3. The Labute approximate surface area is 136 Å². The van der Waals surface area contributed by atoms with E-state index in [2.05, 4.69) is 36.2 Å². The van der Waals surface area contributed by atoms with E-state index in [4.69, 9.17) is 0 Å². The molecule has 0 amide bonds. The van der Waals surface area contributed by atoms with Crippen molar-refractivity contribution in [2.24, 2.45) is 0 Å². The molecular formula is C18H12N6. The van der Waals surface area contributed by atoms with E-state index < -0.39 is 0 Å². The lowest BCUT2D eigenvalue weighted by molar-refractivity contribution is 1.11. The molecule has 6 nitrogen and oxygen atoms in total. The number of nitrogens with one attached hydrogen (secondary N) is 2. The molecule has 0 aliphatic carbocycles. The van der Waals surface area contributed by atoms with Crippen LogP contribution in [0.4, 0.5) is 0 Å². The molecule has 114 valence electrons. The molecule has 0 unspecified atom stereocenters. The van der Waals surface area contributed by atoms with Crippen molar-refractivity contribution in [3.8, 4) is 22.6 Å². The first-order valence-corrected chi connectivity index (χ1v) is 7.57. The summed E-state index contributed by atoms with van der Waals surface area (Å²) in [5, 5.41) is 9.58. The van der Waals surface area contributed by atoms with Crippen molar-refractivity contribution in [2.45, 2.75) is 0 Å². The van der Waals surface area contributed by atoms with Gasteiger partial charge in [-0.25, -0.2) is 4.98 Å². The molecule has 0 saturated heterocycles. The highest BCUT2D eigenvalue weighted by atomic mass is 15.1. The monoisotopic (exact) mass is 312 g/mol. The lowest BCUT2D eigenvalue weighted by atomic mass is 10.1. The van der Waals surface area contributed by atoms with E-state index in [9.17, 15) is 0 Å². The third kappa shape index (κ3) is 1.97. The fourth-order valence-electron chi connectivity index (χ4n) is 2.89. The summed E-state index contributed by atoms with van der Waals surface area (Å²) in [6.45, 7) is 0. The Morgan fingerprint density at radius 2 is 1.83 bits per heavy atom. The summed E-state index contributed by atoms with van der Waals surface area (Å²) in [6, 6.07) is 11.9. The lowest BCUT2D eigenvalue weighted by Crippen LogP contribution is -1.84. The Balaban J connectivity index is 1.71. The van der Waals surface area contributed by atoms with E-state index >= 15 is 0 Å². The van der Waals surface area contributed by atoms with Gasteiger partial charge in [0, 0.05) is 34.9 Å². The molecule has 0 saturated carbocycles. The van der Waals surface area contributed by atoms with Gasteiger partial charge in [-0.05, 0) is 36.4 Å². The number of hydrogen-bond acceptors (Lipinski definition) is 4. The van der Waals surface area contributed by atoms with Gasteiger partial charge in [0.1, 0.15) is 11.3 Å². The number of aromatic amines is 2. The van der Waals surface area contributed by atoms with Crippen molar-refractivity contribution < 1.29 is 0 Å². The van der Waals surface area contributed by atoms with Gasteiger partial charge in [0.2, 0.25) is 0 Å². The van der Waals surface area contributed by atoms with Crippen LogP contribution in [0, 0.1) is 0 Å². The smallest absolute Gasteiger partial charge is 0.137 e. The summed E-state index contributed by atoms with van der Waals surface area (Å²) in [7, 11) is 0. The first-order valence-electron chi connectivity index (χ1n) is 7.57.